The minimum atomic E-state index is -0.737. The van der Waals surface area contributed by atoms with Crippen LogP contribution >= 0.6 is 0 Å². The first-order valence-electron chi connectivity index (χ1n) is 5.59. The lowest BCUT2D eigenvalue weighted by atomic mass is 9.77. The molecule has 0 aliphatic heterocycles. The molecule has 86 valence electrons. The summed E-state index contributed by atoms with van der Waals surface area (Å²) in [4.78, 5) is 0. The molecule has 2 heteroatoms. The van der Waals surface area contributed by atoms with Gasteiger partial charge in [0.25, 0.3) is 0 Å². The number of aliphatic hydroxyl groups is 1. The van der Waals surface area contributed by atoms with Gasteiger partial charge in [0.1, 0.15) is 5.75 Å². The molecule has 0 saturated carbocycles. The second-order valence-corrected chi connectivity index (χ2v) is 4.62. The summed E-state index contributed by atoms with van der Waals surface area (Å²) in [6, 6.07) is 6.08. The monoisotopic (exact) mass is 218 g/mol. The molecule has 0 radical (unpaired) electrons. The molecule has 0 bridgehead atoms. The maximum atomic E-state index is 10.4. The zero-order chi connectivity index (χ0) is 11.8. The second-order valence-electron chi connectivity index (χ2n) is 4.62. The number of hydrogen-bond donors (Lipinski definition) is 1. The average Bonchev–Trinajstić information content (AvgIpc) is 2.27. The fraction of sp³-hybridized carbons (Fsp3) is 0.429. The standard InChI is InChI=1S/C14H18O2/c1-10(2)14(15)7-6-11-4-5-13(16-3)8-12(11)9-14/h4-5,8,15H,1,6-7,9H2,2-3H3. The number of fused-ring (bicyclic) bond motifs is 1. The van der Waals surface area contributed by atoms with Crippen molar-refractivity contribution in [3.8, 4) is 5.75 Å². The van der Waals surface area contributed by atoms with E-state index < -0.39 is 5.60 Å². The molecule has 1 aromatic carbocycles. The third-order valence-corrected chi connectivity index (χ3v) is 3.50. The van der Waals surface area contributed by atoms with E-state index in [9.17, 15) is 5.11 Å². The number of rotatable bonds is 2. The highest BCUT2D eigenvalue weighted by Gasteiger charge is 2.32. The SMILES string of the molecule is C=C(C)C1(O)CCc2ccc(OC)cc2C1. The first-order chi connectivity index (χ1) is 7.55. The van der Waals surface area contributed by atoms with Crippen molar-refractivity contribution in [2.45, 2.75) is 31.8 Å². The molecule has 1 aromatic rings. The average molecular weight is 218 g/mol. The van der Waals surface area contributed by atoms with E-state index in [0.717, 1.165) is 24.2 Å². The van der Waals surface area contributed by atoms with Crippen LogP contribution in [0.5, 0.6) is 5.75 Å². The highest BCUT2D eigenvalue weighted by Crippen LogP contribution is 2.34. The fourth-order valence-electron chi connectivity index (χ4n) is 2.25. The van der Waals surface area contributed by atoms with Gasteiger partial charge >= 0.3 is 0 Å². The van der Waals surface area contributed by atoms with E-state index in [1.54, 1.807) is 7.11 Å². The zero-order valence-electron chi connectivity index (χ0n) is 9.92. The molecule has 2 rings (SSSR count). The van der Waals surface area contributed by atoms with Crippen molar-refractivity contribution in [2.75, 3.05) is 7.11 Å². The zero-order valence-corrected chi connectivity index (χ0v) is 9.92. The molecule has 1 N–H and O–H groups in total. The normalized spacial score (nSPS) is 23.7. The van der Waals surface area contributed by atoms with Gasteiger partial charge in [0.15, 0.2) is 0 Å². The number of benzene rings is 1. The lowest BCUT2D eigenvalue weighted by Crippen LogP contribution is -2.36. The van der Waals surface area contributed by atoms with Gasteiger partial charge < -0.3 is 9.84 Å². The first-order valence-corrected chi connectivity index (χ1v) is 5.59. The molecule has 0 aromatic heterocycles. The van der Waals surface area contributed by atoms with Crippen molar-refractivity contribution in [2.24, 2.45) is 0 Å². The number of aryl methyl sites for hydroxylation is 1. The van der Waals surface area contributed by atoms with Crippen LogP contribution in [0.25, 0.3) is 0 Å². The van der Waals surface area contributed by atoms with Crippen LogP contribution in [-0.4, -0.2) is 17.8 Å². The summed E-state index contributed by atoms with van der Waals surface area (Å²) in [7, 11) is 1.66. The van der Waals surface area contributed by atoms with E-state index in [1.807, 2.05) is 19.1 Å². The molecule has 1 aliphatic rings. The summed E-state index contributed by atoms with van der Waals surface area (Å²) in [5.41, 5.74) is 2.60. The molecule has 2 nitrogen and oxygen atoms in total. The Labute approximate surface area is 96.6 Å². The molecule has 1 unspecified atom stereocenters. The van der Waals surface area contributed by atoms with E-state index in [0.29, 0.717) is 6.42 Å². The molecule has 16 heavy (non-hydrogen) atoms. The van der Waals surface area contributed by atoms with E-state index in [4.69, 9.17) is 4.74 Å². The molecule has 1 atom stereocenters. The van der Waals surface area contributed by atoms with E-state index in [-0.39, 0.29) is 0 Å². The van der Waals surface area contributed by atoms with Crippen LogP contribution in [0.15, 0.2) is 30.4 Å². The summed E-state index contributed by atoms with van der Waals surface area (Å²) in [6.07, 6.45) is 2.32. The summed E-state index contributed by atoms with van der Waals surface area (Å²) in [5.74, 6) is 0.852. The highest BCUT2D eigenvalue weighted by molar-refractivity contribution is 5.40. The number of methoxy groups -OCH3 is 1. The van der Waals surface area contributed by atoms with Gasteiger partial charge in [-0.3, -0.25) is 0 Å². The van der Waals surface area contributed by atoms with Crippen molar-refractivity contribution < 1.29 is 9.84 Å². The summed E-state index contributed by atoms with van der Waals surface area (Å²) < 4.78 is 5.20. The minimum absolute atomic E-state index is 0.648. The van der Waals surface area contributed by atoms with Gasteiger partial charge in [-0.05, 0) is 48.6 Å². The van der Waals surface area contributed by atoms with Gasteiger partial charge in [0, 0.05) is 6.42 Å². The van der Waals surface area contributed by atoms with Crippen LogP contribution in [0.2, 0.25) is 0 Å². The fourth-order valence-corrected chi connectivity index (χ4v) is 2.25. The van der Waals surface area contributed by atoms with Crippen molar-refractivity contribution in [1.29, 1.82) is 0 Å². The van der Waals surface area contributed by atoms with Crippen LogP contribution in [0, 0.1) is 0 Å². The Hall–Kier alpha value is -1.28. The van der Waals surface area contributed by atoms with Crippen LogP contribution in [0.1, 0.15) is 24.5 Å². The van der Waals surface area contributed by atoms with Gasteiger partial charge in [-0.1, -0.05) is 12.6 Å². The Morgan fingerprint density at radius 2 is 2.19 bits per heavy atom. The summed E-state index contributed by atoms with van der Waals surface area (Å²) in [5, 5.41) is 10.4. The Bertz CT molecular complexity index is 423. The highest BCUT2D eigenvalue weighted by atomic mass is 16.5. The molecule has 0 fully saturated rings. The number of ether oxygens (including phenoxy) is 1. The van der Waals surface area contributed by atoms with Crippen LogP contribution < -0.4 is 4.74 Å². The smallest absolute Gasteiger partial charge is 0.119 e. The van der Waals surface area contributed by atoms with E-state index in [2.05, 4.69) is 12.6 Å². The molecule has 0 saturated heterocycles. The van der Waals surface area contributed by atoms with Crippen molar-refractivity contribution in [3.63, 3.8) is 0 Å². The third kappa shape index (κ3) is 1.85. The number of hydrogen-bond acceptors (Lipinski definition) is 2. The van der Waals surface area contributed by atoms with Crippen LogP contribution in [0.4, 0.5) is 0 Å². The summed E-state index contributed by atoms with van der Waals surface area (Å²) >= 11 is 0. The van der Waals surface area contributed by atoms with E-state index in [1.165, 1.54) is 11.1 Å². The Morgan fingerprint density at radius 1 is 1.44 bits per heavy atom. The molecule has 1 aliphatic carbocycles. The predicted octanol–water partition coefficient (Wildman–Crippen LogP) is 2.49. The third-order valence-electron chi connectivity index (χ3n) is 3.50. The van der Waals surface area contributed by atoms with Crippen molar-refractivity contribution in [3.05, 3.63) is 41.5 Å². The van der Waals surface area contributed by atoms with Gasteiger partial charge in [-0.2, -0.15) is 0 Å². The first kappa shape index (κ1) is 11.2. The van der Waals surface area contributed by atoms with Crippen molar-refractivity contribution >= 4 is 0 Å². The summed E-state index contributed by atoms with van der Waals surface area (Å²) in [6.45, 7) is 5.78. The maximum absolute atomic E-state index is 10.4. The Balaban J connectivity index is 2.35. The topological polar surface area (TPSA) is 29.5 Å². The predicted molar refractivity (Wildman–Crippen MR) is 64.8 cm³/mol. The molecule has 0 spiro atoms. The van der Waals surface area contributed by atoms with Crippen LogP contribution in [0.3, 0.4) is 0 Å². The maximum Gasteiger partial charge on any atom is 0.119 e. The Morgan fingerprint density at radius 3 is 2.81 bits per heavy atom. The van der Waals surface area contributed by atoms with Crippen LogP contribution in [-0.2, 0) is 12.8 Å². The minimum Gasteiger partial charge on any atom is -0.497 e. The van der Waals surface area contributed by atoms with E-state index >= 15 is 0 Å². The molecular weight excluding hydrogens is 200 g/mol. The second kappa shape index (κ2) is 3.95. The molecule has 0 heterocycles. The van der Waals surface area contributed by atoms with Gasteiger partial charge in [-0.25, -0.2) is 0 Å². The largest absolute Gasteiger partial charge is 0.497 e. The van der Waals surface area contributed by atoms with Crippen molar-refractivity contribution in [1.82, 2.24) is 0 Å². The van der Waals surface area contributed by atoms with Gasteiger partial charge in [0.2, 0.25) is 0 Å². The van der Waals surface area contributed by atoms with Gasteiger partial charge in [0.05, 0.1) is 12.7 Å². The van der Waals surface area contributed by atoms with Gasteiger partial charge in [-0.15, -0.1) is 0 Å². The molecule has 0 amide bonds. The lowest BCUT2D eigenvalue weighted by Gasteiger charge is -2.34. The quantitative estimate of drug-likeness (QED) is 0.773. The lowest BCUT2D eigenvalue weighted by molar-refractivity contribution is 0.0641. The Kier molecular flexibility index (Phi) is 2.76. The molecular formula is C14H18O2.